The highest BCUT2D eigenvalue weighted by Crippen LogP contribution is 2.35. The second-order valence-corrected chi connectivity index (χ2v) is 7.29. The van der Waals surface area contributed by atoms with Gasteiger partial charge < -0.3 is 10.1 Å². The summed E-state index contributed by atoms with van der Waals surface area (Å²) in [5, 5.41) is 2.68. The van der Waals surface area contributed by atoms with E-state index < -0.39 is 10.0 Å². The monoisotopic (exact) mass is 338 g/mol. The van der Waals surface area contributed by atoms with Crippen LogP contribution in [0.1, 0.15) is 19.8 Å². The molecular weight excluding hydrogens is 316 g/mol. The van der Waals surface area contributed by atoms with Crippen LogP contribution in [0, 0.1) is 5.92 Å². The average Bonchev–Trinajstić information content (AvgIpc) is 3.36. The molecule has 2 N–H and O–H groups in total. The van der Waals surface area contributed by atoms with Gasteiger partial charge in [-0.15, -0.1) is 0 Å². The normalized spacial score (nSPS) is 15.3. The van der Waals surface area contributed by atoms with E-state index in [1.54, 1.807) is 18.2 Å². The summed E-state index contributed by atoms with van der Waals surface area (Å²) in [6, 6.07) is 6.12. The van der Waals surface area contributed by atoms with Crippen molar-refractivity contribution in [3.8, 4) is 5.75 Å². The molecular formula is C16H22N2O4S. The maximum Gasteiger partial charge on any atom is 0.243 e. The van der Waals surface area contributed by atoms with Gasteiger partial charge in [-0.1, -0.05) is 5.57 Å². The Labute approximate surface area is 137 Å². The van der Waals surface area contributed by atoms with E-state index in [9.17, 15) is 13.2 Å². The molecule has 0 heterocycles. The number of hydrogen-bond donors (Lipinski definition) is 2. The molecule has 1 aromatic carbocycles. The Morgan fingerprint density at radius 1 is 1.26 bits per heavy atom. The average molecular weight is 338 g/mol. The summed E-state index contributed by atoms with van der Waals surface area (Å²) in [6.45, 7) is 2.32. The minimum absolute atomic E-state index is 0.135. The van der Waals surface area contributed by atoms with Crippen molar-refractivity contribution in [1.82, 2.24) is 10.0 Å². The van der Waals surface area contributed by atoms with Gasteiger partial charge in [0.2, 0.25) is 15.9 Å². The zero-order valence-electron chi connectivity index (χ0n) is 13.3. The van der Waals surface area contributed by atoms with E-state index in [1.165, 1.54) is 19.2 Å². The number of amides is 1. The molecule has 0 aromatic heterocycles. The van der Waals surface area contributed by atoms with Crippen molar-refractivity contribution in [1.29, 1.82) is 0 Å². The van der Waals surface area contributed by atoms with Gasteiger partial charge in [0.15, 0.2) is 0 Å². The lowest BCUT2D eigenvalue weighted by Crippen LogP contribution is -2.34. The number of ether oxygens (including phenoxy) is 1. The summed E-state index contributed by atoms with van der Waals surface area (Å²) in [5.41, 5.74) is 1.08. The molecule has 0 saturated heterocycles. The third-order valence-corrected chi connectivity index (χ3v) is 5.14. The Morgan fingerprint density at radius 2 is 1.91 bits per heavy atom. The largest absolute Gasteiger partial charge is 0.497 e. The summed E-state index contributed by atoms with van der Waals surface area (Å²) in [7, 11) is -2.06. The van der Waals surface area contributed by atoms with Gasteiger partial charge in [0.05, 0.1) is 12.0 Å². The predicted molar refractivity (Wildman–Crippen MR) is 87.7 cm³/mol. The number of sulfonamides is 1. The van der Waals surface area contributed by atoms with Gasteiger partial charge >= 0.3 is 0 Å². The van der Waals surface area contributed by atoms with Crippen LogP contribution in [0.5, 0.6) is 5.75 Å². The van der Waals surface area contributed by atoms with Crippen molar-refractivity contribution in [3.63, 3.8) is 0 Å². The number of allylic oxidation sites excluding steroid dienone is 1. The first-order valence-electron chi connectivity index (χ1n) is 7.52. The van der Waals surface area contributed by atoms with Gasteiger partial charge in [-0.2, -0.15) is 0 Å². The van der Waals surface area contributed by atoms with Crippen LogP contribution in [0.3, 0.4) is 0 Å². The zero-order valence-corrected chi connectivity index (χ0v) is 14.2. The van der Waals surface area contributed by atoms with E-state index in [2.05, 4.69) is 10.0 Å². The Kier molecular flexibility index (Phi) is 5.79. The van der Waals surface area contributed by atoms with Gasteiger partial charge in [-0.3, -0.25) is 4.79 Å². The summed E-state index contributed by atoms with van der Waals surface area (Å²) >= 11 is 0. The third-order valence-electron chi connectivity index (χ3n) is 3.67. The van der Waals surface area contributed by atoms with Gasteiger partial charge in [0, 0.05) is 19.2 Å². The molecule has 0 atom stereocenters. The zero-order chi connectivity index (χ0) is 16.9. The molecule has 1 saturated carbocycles. The maximum absolute atomic E-state index is 12.1. The fourth-order valence-corrected chi connectivity index (χ4v) is 3.16. The number of benzene rings is 1. The fraction of sp³-hybridized carbons (Fsp3) is 0.438. The van der Waals surface area contributed by atoms with Crippen LogP contribution in [0.2, 0.25) is 0 Å². The molecule has 7 heteroatoms. The molecule has 1 fully saturated rings. The topological polar surface area (TPSA) is 84.5 Å². The Bertz CT molecular complexity index is 677. The van der Waals surface area contributed by atoms with E-state index >= 15 is 0 Å². The Hall–Kier alpha value is -1.86. The number of nitrogens with one attached hydrogen (secondary N) is 2. The summed E-state index contributed by atoms with van der Waals surface area (Å²) in [4.78, 5) is 11.8. The molecule has 2 rings (SSSR count). The maximum atomic E-state index is 12.1. The molecule has 1 aliphatic rings. The molecule has 1 aromatic rings. The number of rotatable bonds is 8. The van der Waals surface area contributed by atoms with Gasteiger partial charge in [0.25, 0.3) is 0 Å². The van der Waals surface area contributed by atoms with Crippen LogP contribution in [0.15, 0.2) is 40.8 Å². The summed E-state index contributed by atoms with van der Waals surface area (Å²) in [5.74, 6) is 0.960. The quantitative estimate of drug-likeness (QED) is 0.555. The Morgan fingerprint density at radius 3 is 2.48 bits per heavy atom. The molecule has 23 heavy (non-hydrogen) atoms. The van der Waals surface area contributed by atoms with E-state index in [1.807, 2.05) is 6.92 Å². The van der Waals surface area contributed by atoms with Gasteiger partial charge in [-0.25, -0.2) is 13.1 Å². The molecule has 0 spiro atoms. The standard InChI is InChI=1S/C16H22N2O4S/c1-12(13-3-4-13)11-16(19)17-9-10-18-23(20,21)15-7-5-14(22-2)6-8-15/h5-8,11,13,18H,3-4,9-10H2,1-2H3,(H,17,19). The predicted octanol–water partition coefficient (Wildman–Crippen LogP) is 1.45. The number of carbonyl (C=O) groups is 1. The molecule has 1 aliphatic carbocycles. The fourth-order valence-electron chi connectivity index (χ4n) is 2.12. The highest BCUT2D eigenvalue weighted by molar-refractivity contribution is 7.89. The second kappa shape index (κ2) is 7.61. The van der Waals surface area contributed by atoms with E-state index in [0.29, 0.717) is 11.7 Å². The first-order chi connectivity index (χ1) is 10.9. The van der Waals surface area contributed by atoms with Crippen LogP contribution in [-0.4, -0.2) is 34.5 Å². The smallest absolute Gasteiger partial charge is 0.243 e. The third kappa shape index (κ3) is 5.37. The van der Waals surface area contributed by atoms with Crippen molar-refractivity contribution in [2.24, 2.45) is 5.92 Å². The van der Waals surface area contributed by atoms with Crippen molar-refractivity contribution >= 4 is 15.9 Å². The second-order valence-electron chi connectivity index (χ2n) is 5.53. The van der Waals surface area contributed by atoms with Crippen molar-refractivity contribution < 1.29 is 17.9 Å². The van der Waals surface area contributed by atoms with Crippen molar-refractivity contribution in [2.75, 3.05) is 20.2 Å². The van der Waals surface area contributed by atoms with Crippen molar-refractivity contribution in [3.05, 3.63) is 35.9 Å². The van der Waals surface area contributed by atoms with Crippen LogP contribution in [0.4, 0.5) is 0 Å². The van der Waals surface area contributed by atoms with Crippen LogP contribution in [-0.2, 0) is 14.8 Å². The minimum Gasteiger partial charge on any atom is -0.497 e. The highest BCUT2D eigenvalue weighted by atomic mass is 32.2. The number of methoxy groups -OCH3 is 1. The Balaban J connectivity index is 1.77. The first-order valence-corrected chi connectivity index (χ1v) is 9.00. The lowest BCUT2D eigenvalue weighted by atomic mass is 10.2. The molecule has 1 amide bonds. The lowest BCUT2D eigenvalue weighted by molar-refractivity contribution is -0.116. The molecule has 126 valence electrons. The van der Waals surface area contributed by atoms with E-state index in [-0.39, 0.29) is 23.9 Å². The molecule has 0 radical (unpaired) electrons. The summed E-state index contributed by atoms with van der Waals surface area (Å²) in [6.07, 6.45) is 3.89. The number of hydrogen-bond acceptors (Lipinski definition) is 4. The number of carbonyl (C=O) groups excluding carboxylic acids is 1. The molecule has 0 bridgehead atoms. The highest BCUT2D eigenvalue weighted by Gasteiger charge is 2.23. The van der Waals surface area contributed by atoms with E-state index in [4.69, 9.17) is 4.74 Å². The van der Waals surface area contributed by atoms with E-state index in [0.717, 1.165) is 18.4 Å². The van der Waals surface area contributed by atoms with Crippen LogP contribution >= 0.6 is 0 Å². The van der Waals surface area contributed by atoms with Gasteiger partial charge in [0.1, 0.15) is 5.75 Å². The summed E-state index contributed by atoms with van der Waals surface area (Å²) < 4.78 is 31.6. The van der Waals surface area contributed by atoms with Gasteiger partial charge in [-0.05, 0) is 49.9 Å². The van der Waals surface area contributed by atoms with Crippen molar-refractivity contribution in [2.45, 2.75) is 24.7 Å². The van der Waals surface area contributed by atoms with Crippen LogP contribution in [0.25, 0.3) is 0 Å². The lowest BCUT2D eigenvalue weighted by Gasteiger charge is -2.08. The minimum atomic E-state index is -3.58. The van der Waals surface area contributed by atoms with Crippen LogP contribution < -0.4 is 14.8 Å². The first kappa shape index (κ1) is 17.5. The SMILES string of the molecule is COc1ccc(S(=O)(=O)NCCNC(=O)C=C(C)C2CC2)cc1. The molecule has 0 aliphatic heterocycles. The molecule has 6 nitrogen and oxygen atoms in total. The molecule has 0 unspecified atom stereocenters.